The summed E-state index contributed by atoms with van der Waals surface area (Å²) in [6.45, 7) is 4.59. The molecule has 0 spiro atoms. The summed E-state index contributed by atoms with van der Waals surface area (Å²) in [5, 5.41) is 0. The maximum atomic E-state index is 15.0. The minimum absolute atomic E-state index is 0.198. The van der Waals surface area contributed by atoms with Crippen molar-refractivity contribution in [3.63, 3.8) is 0 Å². The standard InChI is InChI=1S/C48H45F18N2S/c1-39(2)32-17-8-10-19-34(32)67(27-25-41(49,50)43(53,54)45(57,58)47(61,62)63)36(39)23-21-29-13-12-14-30(38(29)69-31-15-6-5-7-16-31)22-24-37-40(3,4)33-18-9-11-20-35(33)68(37)28-26-42(51,52)44(55,56)46(59,60)48(64,65)66/h5-11,15-17,19-24,33H,12-14,18,25-28H2,1-4H3/q+1. The van der Waals surface area contributed by atoms with Gasteiger partial charge in [0.15, 0.2) is 12.3 Å². The lowest BCUT2D eigenvalue weighted by molar-refractivity contribution is -0.454. The highest BCUT2D eigenvalue weighted by atomic mass is 32.2. The van der Waals surface area contributed by atoms with Crippen LogP contribution in [0.3, 0.4) is 0 Å². The molecule has 4 aliphatic rings. The summed E-state index contributed by atoms with van der Waals surface area (Å²) in [7, 11) is 0. The van der Waals surface area contributed by atoms with Gasteiger partial charge >= 0.3 is 47.9 Å². The Morgan fingerprint density at radius 2 is 1.23 bits per heavy atom. The number of nitrogens with zero attached hydrogens (tertiary/aromatic N) is 2. The van der Waals surface area contributed by atoms with Gasteiger partial charge in [-0.25, -0.2) is 0 Å². The monoisotopic (exact) mass is 1020 g/mol. The molecule has 0 N–H and O–H groups in total. The number of para-hydroxylation sites is 1. The number of hydrogen-bond acceptors (Lipinski definition) is 2. The van der Waals surface area contributed by atoms with Crippen molar-refractivity contribution < 1.29 is 83.6 Å². The summed E-state index contributed by atoms with van der Waals surface area (Å²) in [6, 6.07) is 14.9. The van der Waals surface area contributed by atoms with Crippen LogP contribution in [-0.2, 0) is 5.41 Å². The van der Waals surface area contributed by atoms with Crippen molar-refractivity contribution >= 4 is 23.2 Å². The van der Waals surface area contributed by atoms with Crippen molar-refractivity contribution in [2.45, 2.75) is 124 Å². The molecule has 2 nitrogen and oxygen atoms in total. The highest BCUT2D eigenvalue weighted by molar-refractivity contribution is 8.03. The van der Waals surface area contributed by atoms with E-state index in [4.69, 9.17) is 0 Å². The van der Waals surface area contributed by atoms with E-state index in [-0.39, 0.29) is 17.1 Å². The van der Waals surface area contributed by atoms with Gasteiger partial charge in [-0.05, 0) is 75.0 Å². The summed E-state index contributed by atoms with van der Waals surface area (Å²) in [6.07, 6.45) is -5.47. The van der Waals surface area contributed by atoms with Crippen LogP contribution in [-0.4, -0.2) is 76.2 Å². The number of alkyl halides is 18. The molecule has 1 unspecified atom stereocenters. The van der Waals surface area contributed by atoms with Gasteiger partial charge in [0.2, 0.25) is 5.69 Å². The molecule has 6 rings (SSSR count). The zero-order chi connectivity index (χ0) is 51.6. The molecule has 69 heavy (non-hydrogen) atoms. The number of benzene rings is 2. The predicted octanol–water partition coefficient (Wildman–Crippen LogP) is 16.2. The number of allylic oxidation sites excluding steroid dienone is 11. The van der Waals surface area contributed by atoms with Crippen molar-refractivity contribution in [3.8, 4) is 0 Å². The van der Waals surface area contributed by atoms with E-state index in [1.165, 1.54) is 40.9 Å². The van der Waals surface area contributed by atoms with Crippen LogP contribution < -0.4 is 0 Å². The molecule has 0 saturated carbocycles. The van der Waals surface area contributed by atoms with Crippen molar-refractivity contribution in [1.29, 1.82) is 0 Å². The summed E-state index contributed by atoms with van der Waals surface area (Å²) in [4.78, 5) is 2.54. The molecule has 2 heterocycles. The van der Waals surface area contributed by atoms with Crippen LogP contribution in [0.2, 0.25) is 0 Å². The van der Waals surface area contributed by atoms with E-state index in [2.05, 4.69) is 0 Å². The Labute approximate surface area is 389 Å². The number of likely N-dealkylation sites (tertiary alicyclic amines) is 1. The molecule has 0 radical (unpaired) electrons. The molecule has 0 bridgehead atoms. The fourth-order valence-electron chi connectivity index (χ4n) is 9.11. The number of halogens is 18. The van der Waals surface area contributed by atoms with Gasteiger partial charge in [0.05, 0.1) is 11.8 Å². The smallest absolute Gasteiger partial charge is 0.347 e. The Morgan fingerprint density at radius 1 is 0.667 bits per heavy atom. The minimum atomic E-state index is -7.06. The lowest BCUT2D eigenvalue weighted by Gasteiger charge is -2.35. The first-order chi connectivity index (χ1) is 31.6. The molecule has 378 valence electrons. The van der Waals surface area contributed by atoms with E-state index >= 15 is 0 Å². The quantitative estimate of drug-likeness (QED) is 0.130. The zero-order valence-electron chi connectivity index (χ0n) is 37.1. The third-order valence-corrected chi connectivity index (χ3v) is 14.3. The Balaban J connectivity index is 1.43. The third kappa shape index (κ3) is 9.42. The average molecular weight is 1020 g/mol. The molecule has 0 amide bonds. The Hall–Kier alpha value is -4.56. The molecule has 2 aromatic rings. The lowest BCUT2D eigenvalue weighted by atomic mass is 9.75. The number of hydrogen-bond donors (Lipinski definition) is 0. The largest absolute Gasteiger partial charge is 0.460 e. The van der Waals surface area contributed by atoms with Gasteiger partial charge in [0.25, 0.3) is 0 Å². The van der Waals surface area contributed by atoms with E-state index in [1.807, 2.05) is 0 Å². The van der Waals surface area contributed by atoms with E-state index < -0.39 is 90.6 Å². The molecule has 1 saturated heterocycles. The normalized spacial score (nSPS) is 21.8. The van der Waals surface area contributed by atoms with Crippen molar-refractivity contribution in [3.05, 3.63) is 130 Å². The molecular formula is C48H45F18N2S+. The van der Waals surface area contributed by atoms with E-state index in [0.717, 1.165) is 4.58 Å². The van der Waals surface area contributed by atoms with Gasteiger partial charge < -0.3 is 4.90 Å². The third-order valence-electron chi connectivity index (χ3n) is 13.1. The second kappa shape index (κ2) is 18.2. The second-order valence-corrected chi connectivity index (χ2v) is 19.3. The summed E-state index contributed by atoms with van der Waals surface area (Å²) in [5.74, 6) is -39.9. The average Bonchev–Trinajstić information content (AvgIpc) is 3.61. The van der Waals surface area contributed by atoms with Crippen LogP contribution >= 0.6 is 11.8 Å². The fourth-order valence-corrected chi connectivity index (χ4v) is 10.2. The first-order valence-electron chi connectivity index (χ1n) is 21.4. The minimum Gasteiger partial charge on any atom is -0.347 e. The number of fused-ring (bicyclic) bond motifs is 2. The van der Waals surface area contributed by atoms with Gasteiger partial charge in [0, 0.05) is 63.2 Å². The van der Waals surface area contributed by atoms with Gasteiger partial charge in [-0.15, -0.1) is 0 Å². The van der Waals surface area contributed by atoms with Crippen LogP contribution in [0.1, 0.15) is 71.8 Å². The highest BCUT2D eigenvalue weighted by Crippen LogP contribution is 2.58. The maximum absolute atomic E-state index is 15.0. The van der Waals surface area contributed by atoms with E-state index in [1.54, 1.807) is 101 Å². The van der Waals surface area contributed by atoms with Gasteiger partial charge in [0.1, 0.15) is 0 Å². The summed E-state index contributed by atoms with van der Waals surface area (Å²) >= 11 is 1.28. The number of thioether (sulfide) groups is 1. The van der Waals surface area contributed by atoms with Gasteiger partial charge in [-0.3, -0.25) is 0 Å². The van der Waals surface area contributed by atoms with E-state index in [0.29, 0.717) is 57.9 Å². The molecule has 1 atom stereocenters. The molecular weight excluding hydrogens is 979 g/mol. The van der Waals surface area contributed by atoms with Crippen LogP contribution in [0.25, 0.3) is 0 Å². The fraction of sp³-hybridized carbons (Fsp3) is 0.479. The Bertz CT molecular complexity index is 2480. The van der Waals surface area contributed by atoms with E-state index in [9.17, 15) is 79.0 Å². The number of rotatable bonds is 15. The van der Waals surface area contributed by atoms with Crippen LogP contribution in [0.5, 0.6) is 0 Å². The van der Waals surface area contributed by atoms with Crippen LogP contribution in [0.4, 0.5) is 84.7 Å². The van der Waals surface area contributed by atoms with Crippen LogP contribution in [0, 0.1) is 11.3 Å². The zero-order valence-corrected chi connectivity index (χ0v) is 37.9. The highest BCUT2D eigenvalue weighted by Gasteiger charge is 2.82. The maximum Gasteiger partial charge on any atom is 0.460 e. The predicted molar refractivity (Wildman–Crippen MR) is 225 cm³/mol. The molecule has 2 aliphatic heterocycles. The van der Waals surface area contributed by atoms with Gasteiger partial charge in [-0.1, -0.05) is 86.3 Å². The van der Waals surface area contributed by atoms with Gasteiger partial charge in [-0.2, -0.15) is 83.6 Å². The molecule has 0 aromatic heterocycles. The Kier molecular flexibility index (Phi) is 14.2. The Morgan fingerprint density at radius 3 is 1.83 bits per heavy atom. The molecule has 2 aromatic carbocycles. The lowest BCUT2D eigenvalue weighted by Crippen LogP contribution is -2.61. The summed E-state index contributed by atoms with van der Waals surface area (Å²) in [5.41, 5.74) is 0.731. The van der Waals surface area contributed by atoms with Crippen molar-refractivity contribution in [2.75, 3.05) is 13.1 Å². The first kappa shape index (κ1) is 53.8. The molecule has 1 fully saturated rings. The van der Waals surface area contributed by atoms with Crippen molar-refractivity contribution in [2.24, 2.45) is 11.3 Å². The SMILES string of the molecule is CC1(C)C(C=CC2=C(Sc3ccccc3)/C(=C/C=C3N(CCC(F)(F)C(F)(F)C(F)(F)C(F)(F)F)C4=CC=CCC4C3(C)C)CCC2)=[N+](CCC(F)(F)C(F)(F)C(F)(F)C(F)(F)F)c2ccccc21. The second-order valence-electron chi connectivity index (χ2n) is 18.3. The van der Waals surface area contributed by atoms with Crippen molar-refractivity contribution in [1.82, 2.24) is 4.90 Å². The molecule has 2 aliphatic carbocycles. The molecule has 21 heteroatoms. The topological polar surface area (TPSA) is 6.25 Å². The first-order valence-corrected chi connectivity index (χ1v) is 22.2. The summed E-state index contributed by atoms with van der Waals surface area (Å²) < 4.78 is 252. The van der Waals surface area contributed by atoms with Crippen LogP contribution in [0.15, 0.2) is 129 Å².